The van der Waals surface area contributed by atoms with Crippen molar-refractivity contribution in [1.29, 1.82) is 0 Å². The highest BCUT2D eigenvalue weighted by Gasteiger charge is 1.89. The molecular weight excluding hydrogens is 159 g/mol. The first-order valence-corrected chi connectivity index (χ1v) is 3.11. The topological polar surface area (TPSA) is 56.0 Å². The fourth-order valence-corrected chi connectivity index (χ4v) is 0.584. The maximum absolute atomic E-state index is 12.2. The van der Waals surface area contributed by atoms with Gasteiger partial charge < -0.3 is 5.73 Å². The summed E-state index contributed by atoms with van der Waals surface area (Å²) in [6.07, 6.45) is 1.23. The Hall–Kier alpha value is -1.89. The molecule has 1 aromatic rings. The number of carbonyl (C=O) groups excluding carboxylic acids is 1. The van der Waals surface area contributed by atoms with Crippen molar-refractivity contribution in [3.05, 3.63) is 29.8 Å². The molecular formula is C8H5FN2O. The van der Waals surface area contributed by atoms with Crippen LogP contribution in [0.2, 0.25) is 0 Å². The summed E-state index contributed by atoms with van der Waals surface area (Å²) in [6.45, 7) is 0. The Kier molecular flexibility index (Phi) is 2.38. The van der Waals surface area contributed by atoms with Crippen molar-refractivity contribution in [2.75, 3.05) is 0 Å². The first-order valence-electron chi connectivity index (χ1n) is 3.11. The highest BCUT2D eigenvalue weighted by atomic mass is 19.1. The lowest BCUT2D eigenvalue weighted by Gasteiger charge is -1.86. The van der Waals surface area contributed by atoms with Gasteiger partial charge in [-0.15, -0.1) is 0 Å². The molecule has 0 aliphatic heterocycles. The second kappa shape index (κ2) is 3.49. The monoisotopic (exact) mass is 164 g/mol. The summed E-state index contributed by atoms with van der Waals surface area (Å²) < 4.78 is 12.2. The van der Waals surface area contributed by atoms with Crippen molar-refractivity contribution in [1.82, 2.24) is 4.98 Å². The van der Waals surface area contributed by atoms with E-state index in [1.807, 2.05) is 0 Å². The molecule has 4 heteroatoms. The second-order valence-electron chi connectivity index (χ2n) is 1.98. The number of halogens is 1. The lowest BCUT2D eigenvalue weighted by Crippen LogP contribution is -2.06. The quantitative estimate of drug-likeness (QED) is 0.435. The minimum atomic E-state index is -0.723. The number of primary amides is 1. The average Bonchev–Trinajstić information content (AvgIpc) is 2.03. The van der Waals surface area contributed by atoms with Crippen LogP contribution >= 0.6 is 0 Å². The molecule has 1 heterocycles. The second-order valence-corrected chi connectivity index (χ2v) is 1.98. The van der Waals surface area contributed by atoms with Gasteiger partial charge >= 0.3 is 0 Å². The Morgan fingerprint density at radius 3 is 2.83 bits per heavy atom. The van der Waals surface area contributed by atoms with Gasteiger partial charge in [0, 0.05) is 17.7 Å². The van der Waals surface area contributed by atoms with Crippen LogP contribution in [-0.4, -0.2) is 10.9 Å². The molecule has 0 spiro atoms. The van der Waals surface area contributed by atoms with Crippen LogP contribution in [0.15, 0.2) is 18.3 Å². The van der Waals surface area contributed by atoms with Crippen LogP contribution in [0.4, 0.5) is 4.39 Å². The average molecular weight is 164 g/mol. The van der Waals surface area contributed by atoms with E-state index in [0.29, 0.717) is 5.56 Å². The summed E-state index contributed by atoms with van der Waals surface area (Å²) in [5.74, 6) is 3.22. The predicted molar refractivity (Wildman–Crippen MR) is 40.3 cm³/mol. The van der Waals surface area contributed by atoms with Crippen LogP contribution < -0.4 is 5.73 Å². The van der Waals surface area contributed by atoms with Crippen molar-refractivity contribution in [3.8, 4) is 11.8 Å². The summed E-state index contributed by atoms with van der Waals surface area (Å²) in [5.41, 5.74) is 5.22. The minimum absolute atomic E-state index is 0.454. The molecule has 1 aromatic heterocycles. The van der Waals surface area contributed by atoms with E-state index < -0.39 is 11.9 Å². The number of carbonyl (C=O) groups is 1. The number of nitrogens with two attached hydrogens (primary N) is 1. The summed E-state index contributed by atoms with van der Waals surface area (Å²) in [7, 11) is 0. The Bertz CT molecular complexity index is 348. The van der Waals surface area contributed by atoms with E-state index >= 15 is 0 Å². The molecule has 0 unspecified atom stereocenters. The number of rotatable bonds is 0. The molecule has 0 saturated heterocycles. The minimum Gasteiger partial charge on any atom is -0.359 e. The first-order chi connectivity index (χ1) is 5.68. The molecule has 0 bridgehead atoms. The molecule has 1 rings (SSSR count). The lowest BCUT2D eigenvalue weighted by atomic mass is 10.3. The van der Waals surface area contributed by atoms with Crippen LogP contribution in [0.3, 0.4) is 0 Å². The molecule has 0 aliphatic carbocycles. The molecule has 1 amide bonds. The predicted octanol–water partition coefficient (Wildman–Crippen LogP) is 0.0575. The van der Waals surface area contributed by atoms with Gasteiger partial charge in [-0.05, 0) is 12.1 Å². The van der Waals surface area contributed by atoms with Gasteiger partial charge in [0.2, 0.25) is 5.95 Å². The molecule has 0 aromatic carbocycles. The van der Waals surface area contributed by atoms with Gasteiger partial charge in [0.05, 0.1) is 0 Å². The van der Waals surface area contributed by atoms with Crippen molar-refractivity contribution < 1.29 is 9.18 Å². The van der Waals surface area contributed by atoms with Crippen molar-refractivity contribution in [2.24, 2.45) is 5.73 Å². The Morgan fingerprint density at radius 2 is 2.33 bits per heavy atom. The lowest BCUT2D eigenvalue weighted by molar-refractivity contribution is -0.112. The first kappa shape index (κ1) is 8.21. The van der Waals surface area contributed by atoms with Crippen LogP contribution in [0, 0.1) is 17.8 Å². The van der Waals surface area contributed by atoms with Gasteiger partial charge in [-0.1, -0.05) is 5.92 Å². The largest absolute Gasteiger partial charge is 0.359 e. The zero-order valence-corrected chi connectivity index (χ0v) is 6.04. The third kappa shape index (κ3) is 2.39. The third-order valence-electron chi connectivity index (χ3n) is 1.06. The molecule has 2 N–H and O–H groups in total. The van der Waals surface area contributed by atoms with Gasteiger partial charge in [-0.2, -0.15) is 4.39 Å². The molecule has 0 radical (unpaired) electrons. The highest BCUT2D eigenvalue weighted by Crippen LogP contribution is 1.95. The van der Waals surface area contributed by atoms with Crippen molar-refractivity contribution >= 4 is 5.91 Å². The summed E-state index contributed by atoms with van der Waals surface area (Å²) >= 11 is 0. The van der Waals surface area contributed by atoms with E-state index in [4.69, 9.17) is 5.73 Å². The SMILES string of the molecule is NC(=O)C#Cc1ccc(F)nc1. The number of amides is 1. The molecule has 12 heavy (non-hydrogen) atoms. The zero-order chi connectivity index (χ0) is 8.97. The maximum atomic E-state index is 12.2. The summed E-state index contributed by atoms with van der Waals surface area (Å²) in [5, 5.41) is 0. The van der Waals surface area contributed by atoms with Crippen molar-refractivity contribution in [3.63, 3.8) is 0 Å². The Labute approximate surface area is 68.4 Å². The van der Waals surface area contributed by atoms with E-state index in [1.165, 1.54) is 12.3 Å². The smallest absolute Gasteiger partial charge is 0.293 e. The van der Waals surface area contributed by atoms with E-state index in [2.05, 4.69) is 16.8 Å². The third-order valence-corrected chi connectivity index (χ3v) is 1.06. The van der Waals surface area contributed by atoms with E-state index in [-0.39, 0.29) is 0 Å². The number of hydrogen-bond acceptors (Lipinski definition) is 2. The molecule has 0 saturated carbocycles. The fourth-order valence-electron chi connectivity index (χ4n) is 0.584. The molecule has 0 fully saturated rings. The van der Waals surface area contributed by atoms with Gasteiger partial charge in [0.15, 0.2) is 0 Å². The molecule has 3 nitrogen and oxygen atoms in total. The zero-order valence-electron chi connectivity index (χ0n) is 6.04. The van der Waals surface area contributed by atoms with Crippen LogP contribution in [0.5, 0.6) is 0 Å². The molecule has 60 valence electrons. The number of pyridine rings is 1. The van der Waals surface area contributed by atoms with Crippen LogP contribution in [0.25, 0.3) is 0 Å². The van der Waals surface area contributed by atoms with Crippen LogP contribution in [-0.2, 0) is 4.79 Å². The number of nitrogens with zero attached hydrogens (tertiary/aromatic N) is 1. The van der Waals surface area contributed by atoms with Gasteiger partial charge in [0.25, 0.3) is 5.91 Å². The normalized spacial score (nSPS) is 8.42. The van der Waals surface area contributed by atoms with Gasteiger partial charge in [-0.25, -0.2) is 4.98 Å². The standard InChI is InChI=1S/C8H5FN2O/c9-7-3-1-6(5-11-7)2-4-8(10)12/h1,3,5H,(H2,10,12). The van der Waals surface area contributed by atoms with E-state index in [1.54, 1.807) is 0 Å². The van der Waals surface area contributed by atoms with E-state index in [9.17, 15) is 9.18 Å². The van der Waals surface area contributed by atoms with Crippen molar-refractivity contribution in [2.45, 2.75) is 0 Å². The summed E-state index contributed by atoms with van der Waals surface area (Å²) in [4.78, 5) is 13.5. The highest BCUT2D eigenvalue weighted by molar-refractivity contribution is 5.92. The number of aromatic nitrogens is 1. The fraction of sp³-hybridized carbons (Fsp3) is 0. The molecule has 0 aliphatic rings. The van der Waals surface area contributed by atoms with Crippen LogP contribution in [0.1, 0.15) is 5.56 Å². The molecule has 0 atom stereocenters. The number of hydrogen-bond donors (Lipinski definition) is 1. The van der Waals surface area contributed by atoms with Gasteiger partial charge in [0.1, 0.15) is 0 Å². The van der Waals surface area contributed by atoms with E-state index in [0.717, 1.165) is 6.07 Å². The Balaban J connectivity index is 2.86. The summed E-state index contributed by atoms with van der Waals surface area (Å²) in [6, 6.07) is 2.57. The Morgan fingerprint density at radius 1 is 1.58 bits per heavy atom. The van der Waals surface area contributed by atoms with Gasteiger partial charge in [-0.3, -0.25) is 4.79 Å². The maximum Gasteiger partial charge on any atom is 0.293 e.